The normalized spacial score (nSPS) is 18.8. The third-order valence-corrected chi connectivity index (χ3v) is 4.39. The predicted molar refractivity (Wildman–Crippen MR) is 92.6 cm³/mol. The van der Waals surface area contributed by atoms with Crippen LogP contribution in [0.25, 0.3) is 0 Å². The number of nitrogens with zero attached hydrogens (tertiary/aromatic N) is 3. The number of benzene rings is 1. The zero-order chi connectivity index (χ0) is 15.9. The first-order valence-corrected chi connectivity index (χ1v) is 8.42. The maximum absolute atomic E-state index is 10.0. The van der Waals surface area contributed by atoms with Gasteiger partial charge in [-0.15, -0.1) is 0 Å². The third-order valence-electron chi connectivity index (χ3n) is 4.14. The van der Waals surface area contributed by atoms with Crippen molar-refractivity contribution in [1.29, 1.82) is 0 Å². The summed E-state index contributed by atoms with van der Waals surface area (Å²) < 4.78 is 0. The first-order valence-electron chi connectivity index (χ1n) is 8.05. The Kier molecular flexibility index (Phi) is 7.12. The average Bonchev–Trinajstić information content (AvgIpc) is 2.47. The highest BCUT2D eigenvalue weighted by molar-refractivity contribution is 6.30. The molecule has 124 valence electrons. The average molecular weight is 326 g/mol. The molecule has 5 heteroatoms. The fraction of sp³-hybridized carbons (Fsp3) is 0.647. The van der Waals surface area contributed by atoms with Crippen LogP contribution in [0.1, 0.15) is 5.56 Å². The lowest BCUT2D eigenvalue weighted by molar-refractivity contribution is 0.0598. The molecule has 4 nitrogen and oxygen atoms in total. The van der Waals surface area contributed by atoms with Crippen LogP contribution in [0.4, 0.5) is 0 Å². The molecular formula is C17H28ClN3O. The monoisotopic (exact) mass is 325 g/mol. The number of halogens is 1. The largest absolute Gasteiger partial charge is 0.390 e. The SMILES string of the molecule is CN(C)CC(O)CN1CCN(CCc2ccc(Cl)cc2)CC1. The molecule has 1 aromatic rings. The topological polar surface area (TPSA) is 30.0 Å². The maximum atomic E-state index is 10.0. The summed E-state index contributed by atoms with van der Waals surface area (Å²) in [5.41, 5.74) is 1.34. The summed E-state index contributed by atoms with van der Waals surface area (Å²) in [5, 5.41) is 10.8. The van der Waals surface area contributed by atoms with Crippen molar-refractivity contribution in [3.05, 3.63) is 34.9 Å². The van der Waals surface area contributed by atoms with Crippen molar-refractivity contribution in [1.82, 2.24) is 14.7 Å². The summed E-state index contributed by atoms with van der Waals surface area (Å²) in [4.78, 5) is 6.91. The predicted octanol–water partition coefficient (Wildman–Crippen LogP) is 1.42. The van der Waals surface area contributed by atoms with E-state index in [9.17, 15) is 5.11 Å². The minimum absolute atomic E-state index is 0.254. The molecule has 1 unspecified atom stereocenters. The van der Waals surface area contributed by atoms with Crippen molar-refractivity contribution in [3.8, 4) is 0 Å². The molecule has 22 heavy (non-hydrogen) atoms. The van der Waals surface area contributed by atoms with Crippen LogP contribution >= 0.6 is 11.6 Å². The zero-order valence-electron chi connectivity index (χ0n) is 13.7. The molecular weight excluding hydrogens is 298 g/mol. The van der Waals surface area contributed by atoms with Gasteiger partial charge in [0, 0.05) is 50.8 Å². The molecule has 0 saturated carbocycles. The maximum Gasteiger partial charge on any atom is 0.0793 e. The Labute approximate surface area is 139 Å². The van der Waals surface area contributed by atoms with E-state index in [0.717, 1.165) is 57.3 Å². The first-order chi connectivity index (χ1) is 10.5. The van der Waals surface area contributed by atoms with Crippen LogP contribution in [-0.2, 0) is 6.42 Å². The van der Waals surface area contributed by atoms with Crippen LogP contribution in [0.5, 0.6) is 0 Å². The highest BCUT2D eigenvalue weighted by Crippen LogP contribution is 2.11. The van der Waals surface area contributed by atoms with Crippen LogP contribution in [0, 0.1) is 0 Å². The van der Waals surface area contributed by atoms with E-state index in [0.29, 0.717) is 0 Å². The first kappa shape index (κ1) is 17.7. The molecule has 1 saturated heterocycles. The van der Waals surface area contributed by atoms with Crippen LogP contribution in [0.3, 0.4) is 0 Å². The van der Waals surface area contributed by atoms with E-state index in [1.165, 1.54) is 5.56 Å². The van der Waals surface area contributed by atoms with Gasteiger partial charge >= 0.3 is 0 Å². The van der Waals surface area contributed by atoms with Gasteiger partial charge in [-0.05, 0) is 38.2 Å². The van der Waals surface area contributed by atoms with Crippen LogP contribution in [0.15, 0.2) is 24.3 Å². The molecule has 1 fully saturated rings. The van der Waals surface area contributed by atoms with Gasteiger partial charge in [-0.25, -0.2) is 0 Å². The second-order valence-corrected chi connectivity index (χ2v) is 6.87. The lowest BCUT2D eigenvalue weighted by Crippen LogP contribution is -2.49. The fourth-order valence-electron chi connectivity index (χ4n) is 2.91. The number of hydrogen-bond acceptors (Lipinski definition) is 4. The van der Waals surface area contributed by atoms with E-state index in [-0.39, 0.29) is 6.10 Å². The van der Waals surface area contributed by atoms with Crippen molar-refractivity contribution in [2.24, 2.45) is 0 Å². The summed E-state index contributed by atoms with van der Waals surface area (Å²) in [7, 11) is 4.00. The fourth-order valence-corrected chi connectivity index (χ4v) is 3.04. The van der Waals surface area contributed by atoms with Gasteiger partial charge in [0.1, 0.15) is 0 Å². The Bertz CT molecular complexity index is 430. The number of piperazine rings is 1. The zero-order valence-corrected chi connectivity index (χ0v) is 14.5. The molecule has 0 aliphatic carbocycles. The van der Waals surface area contributed by atoms with E-state index in [1.807, 2.05) is 31.1 Å². The minimum atomic E-state index is -0.254. The Morgan fingerprint density at radius 1 is 1.09 bits per heavy atom. The molecule has 1 aliphatic heterocycles. The van der Waals surface area contributed by atoms with Crippen LogP contribution in [0.2, 0.25) is 5.02 Å². The Morgan fingerprint density at radius 3 is 2.27 bits per heavy atom. The molecule has 0 bridgehead atoms. The van der Waals surface area contributed by atoms with Crippen molar-refractivity contribution in [2.45, 2.75) is 12.5 Å². The molecule has 1 heterocycles. The Hall–Kier alpha value is -0.650. The molecule has 2 rings (SSSR count). The number of hydrogen-bond donors (Lipinski definition) is 1. The summed E-state index contributed by atoms with van der Waals surface area (Å²) in [5.74, 6) is 0. The summed E-state index contributed by atoms with van der Waals surface area (Å²) in [6, 6.07) is 8.13. The van der Waals surface area contributed by atoms with Gasteiger partial charge < -0.3 is 14.9 Å². The summed E-state index contributed by atoms with van der Waals surface area (Å²) in [6.45, 7) is 6.87. The van der Waals surface area contributed by atoms with Crippen LogP contribution < -0.4 is 0 Å². The van der Waals surface area contributed by atoms with Gasteiger partial charge in [0.05, 0.1) is 6.10 Å². The number of likely N-dealkylation sites (N-methyl/N-ethyl adjacent to an activating group) is 1. The highest BCUT2D eigenvalue weighted by Gasteiger charge is 2.19. The smallest absolute Gasteiger partial charge is 0.0793 e. The van der Waals surface area contributed by atoms with E-state index in [2.05, 4.69) is 21.9 Å². The quantitative estimate of drug-likeness (QED) is 0.821. The number of aliphatic hydroxyl groups excluding tert-OH is 1. The summed E-state index contributed by atoms with van der Waals surface area (Å²) >= 11 is 5.91. The molecule has 0 spiro atoms. The molecule has 1 aromatic carbocycles. The van der Waals surface area contributed by atoms with Gasteiger partial charge in [-0.3, -0.25) is 4.90 Å². The number of β-amino-alcohol motifs (C(OH)–C–C–N with tert-alkyl or cyclic N) is 1. The van der Waals surface area contributed by atoms with E-state index in [1.54, 1.807) is 0 Å². The van der Waals surface area contributed by atoms with Crippen molar-refractivity contribution in [2.75, 3.05) is 59.9 Å². The molecule has 0 radical (unpaired) electrons. The van der Waals surface area contributed by atoms with Crippen molar-refractivity contribution < 1.29 is 5.11 Å². The van der Waals surface area contributed by atoms with Crippen molar-refractivity contribution in [3.63, 3.8) is 0 Å². The lowest BCUT2D eigenvalue weighted by atomic mass is 10.1. The highest BCUT2D eigenvalue weighted by atomic mass is 35.5. The number of aliphatic hydroxyl groups is 1. The van der Waals surface area contributed by atoms with Gasteiger partial charge in [-0.2, -0.15) is 0 Å². The van der Waals surface area contributed by atoms with E-state index in [4.69, 9.17) is 11.6 Å². The van der Waals surface area contributed by atoms with Gasteiger partial charge in [0.15, 0.2) is 0 Å². The summed E-state index contributed by atoms with van der Waals surface area (Å²) in [6.07, 6.45) is 0.816. The lowest BCUT2D eigenvalue weighted by Gasteiger charge is -2.36. The Balaban J connectivity index is 1.65. The van der Waals surface area contributed by atoms with E-state index >= 15 is 0 Å². The molecule has 1 N–H and O–H groups in total. The van der Waals surface area contributed by atoms with Gasteiger partial charge in [0.25, 0.3) is 0 Å². The molecule has 0 amide bonds. The van der Waals surface area contributed by atoms with Gasteiger partial charge in [0.2, 0.25) is 0 Å². The Morgan fingerprint density at radius 2 is 1.68 bits per heavy atom. The van der Waals surface area contributed by atoms with E-state index < -0.39 is 0 Å². The minimum Gasteiger partial charge on any atom is -0.390 e. The molecule has 1 atom stereocenters. The van der Waals surface area contributed by atoms with Crippen molar-refractivity contribution >= 4 is 11.6 Å². The van der Waals surface area contributed by atoms with Gasteiger partial charge in [-0.1, -0.05) is 23.7 Å². The molecule has 1 aliphatic rings. The number of rotatable bonds is 7. The van der Waals surface area contributed by atoms with Crippen LogP contribution in [-0.4, -0.2) is 85.8 Å². The second-order valence-electron chi connectivity index (χ2n) is 6.43. The standard InChI is InChI=1S/C17H28ClN3O/c1-19(2)13-17(22)14-21-11-9-20(10-12-21)8-7-15-3-5-16(18)6-4-15/h3-6,17,22H,7-14H2,1-2H3. The molecule has 0 aromatic heterocycles. The third kappa shape index (κ3) is 6.23. The second kappa shape index (κ2) is 8.85.